The fraction of sp³-hybridized carbons (Fsp3) is 0.357. The third-order valence-electron chi connectivity index (χ3n) is 3.11. The molecule has 5 heteroatoms. The van der Waals surface area contributed by atoms with E-state index in [-0.39, 0.29) is 12.1 Å². The Morgan fingerprint density at radius 3 is 2.53 bits per heavy atom. The van der Waals surface area contributed by atoms with Crippen LogP contribution in [0.1, 0.15) is 18.2 Å². The van der Waals surface area contributed by atoms with Gasteiger partial charge in [-0.25, -0.2) is 0 Å². The number of aromatic amines is 1. The summed E-state index contributed by atoms with van der Waals surface area (Å²) in [4.78, 5) is 14.7. The van der Waals surface area contributed by atoms with E-state index in [4.69, 9.17) is 15.2 Å². The molecule has 0 saturated heterocycles. The monoisotopic (exact) mass is 262 g/mol. The van der Waals surface area contributed by atoms with Crippen molar-refractivity contribution in [3.05, 3.63) is 33.7 Å². The van der Waals surface area contributed by atoms with Crippen LogP contribution in [0.15, 0.2) is 16.9 Å². The summed E-state index contributed by atoms with van der Waals surface area (Å²) in [6, 6.07) is 3.69. The molecule has 0 spiro atoms. The summed E-state index contributed by atoms with van der Waals surface area (Å²) in [6.07, 6.45) is 0. The van der Waals surface area contributed by atoms with E-state index in [0.717, 1.165) is 16.5 Å². The molecule has 0 saturated carbocycles. The summed E-state index contributed by atoms with van der Waals surface area (Å²) in [6.45, 7) is 4.46. The lowest BCUT2D eigenvalue weighted by Gasteiger charge is -2.13. The van der Waals surface area contributed by atoms with Crippen molar-refractivity contribution in [1.82, 2.24) is 4.98 Å². The number of aryl methyl sites for hydroxylation is 1. The number of nitrogens with one attached hydrogen (secondary N) is 1. The van der Waals surface area contributed by atoms with E-state index in [9.17, 15) is 4.79 Å². The number of aromatic nitrogens is 1. The maximum atomic E-state index is 11.9. The first-order valence-corrected chi connectivity index (χ1v) is 6.18. The minimum Gasteiger partial charge on any atom is -0.493 e. The average Bonchev–Trinajstić information content (AvgIpc) is 2.39. The summed E-state index contributed by atoms with van der Waals surface area (Å²) >= 11 is 0. The predicted molar refractivity (Wildman–Crippen MR) is 74.9 cm³/mol. The Labute approximate surface area is 111 Å². The molecular weight excluding hydrogens is 244 g/mol. The molecule has 1 heterocycles. The smallest absolute Gasteiger partial charge is 0.253 e. The van der Waals surface area contributed by atoms with E-state index in [1.807, 2.05) is 26.0 Å². The van der Waals surface area contributed by atoms with Gasteiger partial charge in [0.2, 0.25) is 0 Å². The second kappa shape index (κ2) is 5.32. The number of H-pyrrole nitrogens is 1. The first-order valence-electron chi connectivity index (χ1n) is 6.18. The number of fused-ring (bicyclic) bond motifs is 1. The molecule has 3 N–H and O–H groups in total. The Kier molecular flexibility index (Phi) is 3.76. The van der Waals surface area contributed by atoms with Crippen LogP contribution in [0, 0.1) is 6.92 Å². The molecule has 2 rings (SSSR count). The third kappa shape index (κ3) is 2.29. The molecule has 5 nitrogen and oxygen atoms in total. The molecule has 2 aromatic rings. The maximum absolute atomic E-state index is 11.9. The molecule has 0 aliphatic rings. The zero-order valence-corrected chi connectivity index (χ0v) is 11.4. The second-order valence-electron chi connectivity index (χ2n) is 4.24. The molecule has 1 aromatic heterocycles. The van der Waals surface area contributed by atoms with Crippen LogP contribution in [-0.2, 0) is 6.54 Å². The van der Waals surface area contributed by atoms with Gasteiger partial charge in [0, 0.05) is 23.2 Å². The van der Waals surface area contributed by atoms with Crippen LogP contribution in [0.25, 0.3) is 10.8 Å². The molecule has 0 atom stereocenters. The zero-order chi connectivity index (χ0) is 14.0. The Balaban J connectivity index is 2.84. The molecule has 0 fully saturated rings. The van der Waals surface area contributed by atoms with Crippen molar-refractivity contribution in [3.63, 3.8) is 0 Å². The Hall–Kier alpha value is -2.01. The normalized spacial score (nSPS) is 10.7. The molecule has 0 aliphatic carbocycles. The summed E-state index contributed by atoms with van der Waals surface area (Å²) in [5.41, 5.74) is 6.87. The lowest BCUT2D eigenvalue weighted by atomic mass is 10.0. The topological polar surface area (TPSA) is 77.3 Å². The van der Waals surface area contributed by atoms with Crippen LogP contribution in [0.4, 0.5) is 0 Å². The molecule has 0 amide bonds. The molecule has 0 bridgehead atoms. The molecule has 102 valence electrons. The fourth-order valence-electron chi connectivity index (χ4n) is 2.19. The lowest BCUT2D eigenvalue weighted by molar-refractivity contribution is 0.311. The van der Waals surface area contributed by atoms with E-state index in [0.29, 0.717) is 23.7 Å². The summed E-state index contributed by atoms with van der Waals surface area (Å²) in [7, 11) is 1.59. The Morgan fingerprint density at radius 1 is 1.26 bits per heavy atom. The van der Waals surface area contributed by atoms with Gasteiger partial charge in [-0.2, -0.15) is 0 Å². The number of ether oxygens (including phenoxy) is 2. The highest BCUT2D eigenvalue weighted by atomic mass is 16.5. The van der Waals surface area contributed by atoms with Crippen LogP contribution in [0.2, 0.25) is 0 Å². The summed E-state index contributed by atoms with van der Waals surface area (Å²) in [5.74, 6) is 1.27. The highest BCUT2D eigenvalue weighted by molar-refractivity contribution is 5.90. The van der Waals surface area contributed by atoms with Gasteiger partial charge in [0.05, 0.1) is 13.7 Å². The average molecular weight is 262 g/mol. The highest BCUT2D eigenvalue weighted by Gasteiger charge is 2.13. The number of benzene rings is 1. The summed E-state index contributed by atoms with van der Waals surface area (Å²) < 4.78 is 10.9. The largest absolute Gasteiger partial charge is 0.493 e. The van der Waals surface area contributed by atoms with Gasteiger partial charge in [-0.3, -0.25) is 4.79 Å². The van der Waals surface area contributed by atoms with Crippen LogP contribution in [0.5, 0.6) is 11.5 Å². The van der Waals surface area contributed by atoms with Gasteiger partial charge < -0.3 is 20.2 Å². The van der Waals surface area contributed by atoms with Crippen molar-refractivity contribution in [2.45, 2.75) is 20.4 Å². The summed E-state index contributed by atoms with van der Waals surface area (Å²) in [5, 5.41) is 1.73. The number of rotatable bonds is 4. The minimum absolute atomic E-state index is 0.153. The Bertz CT molecular complexity index is 662. The maximum Gasteiger partial charge on any atom is 0.253 e. The highest BCUT2D eigenvalue weighted by Crippen LogP contribution is 2.33. The van der Waals surface area contributed by atoms with E-state index in [2.05, 4.69) is 4.98 Å². The first-order chi connectivity index (χ1) is 9.12. The van der Waals surface area contributed by atoms with Gasteiger partial charge in [0.1, 0.15) is 0 Å². The quantitative estimate of drug-likeness (QED) is 0.879. The van der Waals surface area contributed by atoms with Crippen molar-refractivity contribution < 1.29 is 9.47 Å². The first kappa shape index (κ1) is 13.4. The van der Waals surface area contributed by atoms with Crippen molar-refractivity contribution in [3.8, 4) is 11.5 Å². The number of hydrogen-bond donors (Lipinski definition) is 2. The number of methoxy groups -OCH3 is 1. The van der Waals surface area contributed by atoms with Crippen LogP contribution < -0.4 is 20.8 Å². The standard InChI is InChI=1S/C14H18N2O3/c1-4-19-13-6-10-9(5-12(13)18-3)8(2)16-14(17)11(10)7-15/h5-6H,4,7,15H2,1-3H3,(H,16,17). The van der Waals surface area contributed by atoms with Crippen molar-refractivity contribution in [1.29, 1.82) is 0 Å². The molecule has 19 heavy (non-hydrogen) atoms. The van der Waals surface area contributed by atoms with Gasteiger partial charge in [-0.15, -0.1) is 0 Å². The van der Waals surface area contributed by atoms with Gasteiger partial charge in [0.25, 0.3) is 5.56 Å². The second-order valence-corrected chi connectivity index (χ2v) is 4.24. The number of hydrogen-bond acceptors (Lipinski definition) is 4. The van der Waals surface area contributed by atoms with Gasteiger partial charge in [-0.1, -0.05) is 0 Å². The van der Waals surface area contributed by atoms with Crippen molar-refractivity contribution >= 4 is 10.8 Å². The number of nitrogens with two attached hydrogens (primary N) is 1. The predicted octanol–water partition coefficient (Wildman–Crippen LogP) is 1.70. The van der Waals surface area contributed by atoms with E-state index in [1.165, 1.54) is 0 Å². The molecule has 0 radical (unpaired) electrons. The van der Waals surface area contributed by atoms with Crippen LogP contribution in [0.3, 0.4) is 0 Å². The van der Waals surface area contributed by atoms with Gasteiger partial charge in [0.15, 0.2) is 11.5 Å². The van der Waals surface area contributed by atoms with Gasteiger partial charge in [-0.05, 0) is 31.4 Å². The van der Waals surface area contributed by atoms with Crippen molar-refractivity contribution in [2.75, 3.05) is 13.7 Å². The van der Waals surface area contributed by atoms with E-state index >= 15 is 0 Å². The molecule has 0 aliphatic heterocycles. The van der Waals surface area contributed by atoms with Crippen LogP contribution >= 0.6 is 0 Å². The van der Waals surface area contributed by atoms with E-state index in [1.54, 1.807) is 7.11 Å². The lowest BCUT2D eigenvalue weighted by Crippen LogP contribution is -2.17. The fourth-order valence-corrected chi connectivity index (χ4v) is 2.19. The zero-order valence-electron chi connectivity index (χ0n) is 11.4. The minimum atomic E-state index is -0.153. The molecular formula is C14H18N2O3. The van der Waals surface area contributed by atoms with Crippen molar-refractivity contribution in [2.24, 2.45) is 5.73 Å². The number of pyridine rings is 1. The molecule has 0 unspecified atom stereocenters. The Morgan fingerprint density at radius 2 is 1.95 bits per heavy atom. The third-order valence-corrected chi connectivity index (χ3v) is 3.11. The van der Waals surface area contributed by atoms with Crippen LogP contribution in [-0.4, -0.2) is 18.7 Å². The molecule has 1 aromatic carbocycles. The van der Waals surface area contributed by atoms with E-state index < -0.39 is 0 Å². The van der Waals surface area contributed by atoms with Gasteiger partial charge >= 0.3 is 0 Å². The SMILES string of the molecule is CCOc1cc2c(CN)c(=O)[nH]c(C)c2cc1OC.